The van der Waals surface area contributed by atoms with Crippen LogP contribution < -0.4 is 4.74 Å². The van der Waals surface area contributed by atoms with E-state index in [1.807, 2.05) is 12.1 Å². The SMILES string of the molecule is C[C@H](OC(=O)c1ccc2ccccc2n1)C(=O)c1ccc(OC(F)F)cc1. The van der Waals surface area contributed by atoms with E-state index in [9.17, 15) is 18.4 Å². The van der Waals surface area contributed by atoms with E-state index in [1.54, 1.807) is 18.2 Å². The number of fused-ring (bicyclic) bond motifs is 1. The maximum absolute atomic E-state index is 12.4. The van der Waals surface area contributed by atoms with Crippen molar-refractivity contribution in [3.8, 4) is 5.75 Å². The number of carbonyl (C=O) groups is 2. The third-order valence-electron chi connectivity index (χ3n) is 3.82. The van der Waals surface area contributed by atoms with Crippen molar-refractivity contribution in [2.24, 2.45) is 0 Å². The van der Waals surface area contributed by atoms with Crippen LogP contribution in [0.2, 0.25) is 0 Å². The molecule has 0 spiro atoms. The van der Waals surface area contributed by atoms with Crippen molar-refractivity contribution in [3.63, 3.8) is 0 Å². The minimum Gasteiger partial charge on any atom is -0.450 e. The van der Waals surface area contributed by atoms with Crippen molar-refractivity contribution in [2.75, 3.05) is 0 Å². The van der Waals surface area contributed by atoms with Gasteiger partial charge in [-0.05, 0) is 43.3 Å². The molecule has 1 heterocycles. The Bertz CT molecular complexity index is 973. The topological polar surface area (TPSA) is 65.5 Å². The maximum Gasteiger partial charge on any atom is 0.387 e. The first-order chi connectivity index (χ1) is 12.9. The summed E-state index contributed by atoms with van der Waals surface area (Å²) < 4.78 is 33.7. The third-order valence-corrected chi connectivity index (χ3v) is 3.82. The number of aromatic nitrogens is 1. The molecule has 0 saturated carbocycles. The summed E-state index contributed by atoms with van der Waals surface area (Å²) in [5.74, 6) is -1.25. The largest absolute Gasteiger partial charge is 0.450 e. The number of ether oxygens (including phenoxy) is 2. The van der Waals surface area contributed by atoms with E-state index in [2.05, 4.69) is 9.72 Å². The highest BCUT2D eigenvalue weighted by atomic mass is 19.3. The summed E-state index contributed by atoms with van der Waals surface area (Å²) in [5.41, 5.74) is 0.943. The van der Waals surface area contributed by atoms with Gasteiger partial charge < -0.3 is 9.47 Å². The number of Topliss-reactive ketones (excluding diaryl/α,β-unsaturated/α-hetero) is 1. The molecule has 7 heteroatoms. The second-order valence-electron chi connectivity index (χ2n) is 5.70. The number of rotatable bonds is 6. The van der Waals surface area contributed by atoms with Gasteiger partial charge in [0.1, 0.15) is 11.4 Å². The molecule has 1 aromatic heterocycles. The Kier molecular flexibility index (Phi) is 5.40. The number of pyridine rings is 1. The normalized spacial score (nSPS) is 12.0. The first-order valence-electron chi connectivity index (χ1n) is 8.10. The molecule has 3 rings (SSSR count). The summed E-state index contributed by atoms with van der Waals surface area (Å²) in [7, 11) is 0. The second-order valence-corrected chi connectivity index (χ2v) is 5.70. The Hall–Kier alpha value is -3.35. The van der Waals surface area contributed by atoms with Gasteiger partial charge in [0.25, 0.3) is 0 Å². The first-order valence-corrected chi connectivity index (χ1v) is 8.10. The molecule has 2 aromatic carbocycles. The van der Waals surface area contributed by atoms with Crippen LogP contribution in [-0.2, 0) is 4.74 Å². The van der Waals surface area contributed by atoms with Crippen LogP contribution in [0.25, 0.3) is 10.9 Å². The van der Waals surface area contributed by atoms with E-state index in [0.717, 1.165) is 5.39 Å². The highest BCUT2D eigenvalue weighted by molar-refractivity contribution is 6.01. The Morgan fingerprint density at radius 3 is 2.37 bits per heavy atom. The maximum atomic E-state index is 12.4. The van der Waals surface area contributed by atoms with Crippen LogP contribution in [0.3, 0.4) is 0 Å². The van der Waals surface area contributed by atoms with E-state index >= 15 is 0 Å². The molecule has 0 radical (unpaired) electrons. The Balaban J connectivity index is 1.68. The van der Waals surface area contributed by atoms with Gasteiger partial charge in [-0.15, -0.1) is 0 Å². The zero-order valence-electron chi connectivity index (χ0n) is 14.3. The summed E-state index contributed by atoms with van der Waals surface area (Å²) in [6.45, 7) is -1.51. The fourth-order valence-electron chi connectivity index (χ4n) is 2.49. The minimum atomic E-state index is -2.94. The smallest absolute Gasteiger partial charge is 0.387 e. The van der Waals surface area contributed by atoms with Crippen molar-refractivity contribution in [1.29, 1.82) is 0 Å². The van der Waals surface area contributed by atoms with Gasteiger partial charge in [-0.3, -0.25) is 4.79 Å². The summed E-state index contributed by atoms with van der Waals surface area (Å²) in [6, 6.07) is 15.7. The van der Waals surface area contributed by atoms with Crippen LogP contribution in [-0.4, -0.2) is 29.5 Å². The summed E-state index contributed by atoms with van der Waals surface area (Å²) in [4.78, 5) is 28.9. The molecule has 3 aromatic rings. The number of nitrogens with zero attached hydrogens (tertiary/aromatic N) is 1. The van der Waals surface area contributed by atoms with E-state index in [4.69, 9.17) is 4.74 Å². The summed E-state index contributed by atoms with van der Waals surface area (Å²) in [6.07, 6.45) is -1.06. The lowest BCUT2D eigenvalue weighted by atomic mass is 10.1. The highest BCUT2D eigenvalue weighted by Gasteiger charge is 2.21. The molecular formula is C20H15F2NO4. The van der Waals surface area contributed by atoms with Crippen LogP contribution in [0.4, 0.5) is 8.78 Å². The predicted molar refractivity (Wildman–Crippen MR) is 94.0 cm³/mol. The average Bonchev–Trinajstić information content (AvgIpc) is 2.67. The highest BCUT2D eigenvalue weighted by Crippen LogP contribution is 2.17. The molecule has 0 aliphatic rings. The molecule has 138 valence electrons. The number of halogens is 2. The summed E-state index contributed by atoms with van der Waals surface area (Å²) >= 11 is 0. The van der Waals surface area contributed by atoms with Crippen molar-refractivity contribution in [3.05, 3.63) is 71.9 Å². The van der Waals surface area contributed by atoms with Gasteiger partial charge in [0.05, 0.1) is 5.52 Å². The van der Waals surface area contributed by atoms with Gasteiger partial charge in [-0.25, -0.2) is 9.78 Å². The molecule has 0 N–H and O–H groups in total. The minimum absolute atomic E-state index is 0.0634. The van der Waals surface area contributed by atoms with Crippen molar-refractivity contribution >= 4 is 22.7 Å². The molecule has 1 atom stereocenters. The van der Waals surface area contributed by atoms with Crippen molar-refractivity contribution < 1.29 is 27.8 Å². The number of carbonyl (C=O) groups excluding carboxylic acids is 2. The monoisotopic (exact) mass is 371 g/mol. The molecule has 0 aliphatic carbocycles. The molecule has 0 fully saturated rings. The third kappa shape index (κ3) is 4.44. The number of esters is 1. The fourth-order valence-corrected chi connectivity index (χ4v) is 2.49. The Morgan fingerprint density at radius 1 is 0.963 bits per heavy atom. The molecule has 0 bridgehead atoms. The summed E-state index contributed by atoms with van der Waals surface area (Å²) in [5, 5.41) is 0.879. The number of hydrogen-bond donors (Lipinski definition) is 0. The Labute approximate surface area is 153 Å². The Morgan fingerprint density at radius 2 is 1.67 bits per heavy atom. The lowest BCUT2D eigenvalue weighted by Crippen LogP contribution is -2.24. The zero-order valence-corrected chi connectivity index (χ0v) is 14.3. The van der Waals surface area contributed by atoms with Gasteiger partial charge >= 0.3 is 12.6 Å². The van der Waals surface area contributed by atoms with E-state index in [0.29, 0.717) is 5.52 Å². The first kappa shape index (κ1) is 18.4. The molecule has 0 amide bonds. The van der Waals surface area contributed by atoms with Gasteiger partial charge in [0.15, 0.2) is 6.10 Å². The standard InChI is InChI=1S/C20H15F2NO4/c1-12(18(24)14-6-9-15(10-7-14)27-20(21)22)26-19(25)17-11-8-13-4-2-3-5-16(13)23-17/h2-12,20H,1H3/t12-/m0/s1. The predicted octanol–water partition coefficient (Wildman–Crippen LogP) is 4.26. The van der Waals surface area contributed by atoms with Crippen LogP contribution in [0.1, 0.15) is 27.8 Å². The fraction of sp³-hybridized carbons (Fsp3) is 0.150. The van der Waals surface area contributed by atoms with Crippen LogP contribution in [0, 0.1) is 0 Å². The van der Waals surface area contributed by atoms with Crippen LogP contribution >= 0.6 is 0 Å². The van der Waals surface area contributed by atoms with Crippen molar-refractivity contribution in [2.45, 2.75) is 19.6 Å². The molecule has 27 heavy (non-hydrogen) atoms. The van der Waals surface area contributed by atoms with Crippen LogP contribution in [0.15, 0.2) is 60.7 Å². The quantitative estimate of drug-likeness (QED) is 0.478. The molecular weight excluding hydrogens is 356 g/mol. The van der Waals surface area contributed by atoms with Gasteiger partial charge in [0.2, 0.25) is 5.78 Å². The number of ketones is 1. The van der Waals surface area contributed by atoms with Gasteiger partial charge in [-0.1, -0.05) is 24.3 Å². The molecule has 0 saturated heterocycles. The van der Waals surface area contributed by atoms with E-state index in [1.165, 1.54) is 37.3 Å². The molecule has 5 nitrogen and oxygen atoms in total. The van der Waals surface area contributed by atoms with Gasteiger partial charge in [0, 0.05) is 10.9 Å². The average molecular weight is 371 g/mol. The lowest BCUT2D eigenvalue weighted by molar-refractivity contribution is -0.0498. The molecule has 0 unspecified atom stereocenters. The van der Waals surface area contributed by atoms with E-state index < -0.39 is 24.5 Å². The van der Waals surface area contributed by atoms with Gasteiger partial charge in [-0.2, -0.15) is 8.78 Å². The molecule has 0 aliphatic heterocycles. The lowest BCUT2D eigenvalue weighted by Gasteiger charge is -2.13. The second kappa shape index (κ2) is 7.90. The van der Waals surface area contributed by atoms with Crippen molar-refractivity contribution in [1.82, 2.24) is 4.98 Å². The number of hydrogen-bond acceptors (Lipinski definition) is 5. The number of alkyl halides is 2. The van der Waals surface area contributed by atoms with E-state index in [-0.39, 0.29) is 17.0 Å². The zero-order chi connectivity index (χ0) is 19.4. The van der Waals surface area contributed by atoms with Crippen LogP contribution in [0.5, 0.6) is 5.75 Å². The number of benzene rings is 2. The number of para-hydroxylation sites is 1.